The average Bonchev–Trinajstić information content (AvgIpc) is 3.09. The van der Waals surface area contributed by atoms with Gasteiger partial charge in [-0.1, -0.05) is 23.9 Å². The molecule has 9 heteroatoms. The zero-order valence-corrected chi connectivity index (χ0v) is 15.8. The Labute approximate surface area is 165 Å². The molecule has 28 heavy (non-hydrogen) atoms. The number of carboxylic acid groups (broad SMARTS) is 1. The third kappa shape index (κ3) is 3.30. The standard InChI is InChI=1S/C19H18N4O4S/c20-9-13-14(10-23-11-21-15-4-2-1-3-12(15)17(23)24)16(19(25)26)28-18(13)22-5-7-27-8-6-22/h1-4,11,13,18H,5-8,10H2,(H,25,26). The molecule has 0 aliphatic carbocycles. The smallest absolute Gasteiger partial charge is 0.342 e. The molecule has 0 radical (unpaired) electrons. The summed E-state index contributed by atoms with van der Waals surface area (Å²) in [5.74, 6) is -1.69. The summed E-state index contributed by atoms with van der Waals surface area (Å²) < 4.78 is 6.75. The van der Waals surface area contributed by atoms with Crippen LogP contribution >= 0.6 is 11.8 Å². The highest BCUT2D eigenvalue weighted by atomic mass is 32.2. The molecule has 2 aromatic rings. The van der Waals surface area contributed by atoms with Gasteiger partial charge in [0.05, 0.1) is 59.3 Å². The van der Waals surface area contributed by atoms with Crippen LogP contribution in [0.4, 0.5) is 0 Å². The number of ether oxygens (including phenoxy) is 1. The largest absolute Gasteiger partial charge is 0.477 e. The van der Waals surface area contributed by atoms with Crippen molar-refractivity contribution in [3.8, 4) is 6.07 Å². The lowest BCUT2D eigenvalue weighted by Gasteiger charge is -2.33. The Kier molecular flexibility index (Phi) is 5.17. The first-order valence-corrected chi connectivity index (χ1v) is 9.76. The Morgan fingerprint density at radius 1 is 1.36 bits per heavy atom. The van der Waals surface area contributed by atoms with Crippen LogP contribution in [0.2, 0.25) is 0 Å². The van der Waals surface area contributed by atoms with Crippen molar-refractivity contribution in [1.82, 2.24) is 14.5 Å². The quantitative estimate of drug-likeness (QED) is 0.820. The van der Waals surface area contributed by atoms with Crippen LogP contribution in [0.1, 0.15) is 0 Å². The van der Waals surface area contributed by atoms with Crippen LogP contribution < -0.4 is 5.56 Å². The van der Waals surface area contributed by atoms with Crippen molar-refractivity contribution in [2.75, 3.05) is 26.3 Å². The Balaban J connectivity index is 1.71. The maximum absolute atomic E-state index is 12.8. The molecule has 0 bridgehead atoms. The molecule has 1 N–H and O–H groups in total. The molecule has 0 saturated carbocycles. The second-order valence-electron chi connectivity index (χ2n) is 6.62. The molecule has 1 saturated heterocycles. The van der Waals surface area contributed by atoms with Crippen LogP contribution in [0.15, 0.2) is 45.9 Å². The van der Waals surface area contributed by atoms with E-state index in [9.17, 15) is 20.0 Å². The first-order valence-electron chi connectivity index (χ1n) is 8.88. The Morgan fingerprint density at radius 2 is 2.11 bits per heavy atom. The molecule has 3 heterocycles. The van der Waals surface area contributed by atoms with Gasteiger partial charge in [-0.2, -0.15) is 5.26 Å². The number of aromatic nitrogens is 2. The molecule has 1 aromatic heterocycles. The minimum absolute atomic E-state index is 0.0321. The average molecular weight is 398 g/mol. The number of morpholine rings is 1. The van der Waals surface area contributed by atoms with E-state index in [4.69, 9.17) is 4.74 Å². The number of nitriles is 1. The highest BCUT2D eigenvalue weighted by Gasteiger charge is 2.42. The van der Waals surface area contributed by atoms with E-state index in [-0.39, 0.29) is 22.4 Å². The summed E-state index contributed by atoms with van der Waals surface area (Å²) in [6.45, 7) is 2.44. The topological polar surface area (TPSA) is 108 Å². The van der Waals surface area contributed by atoms with Crippen LogP contribution in [-0.2, 0) is 16.1 Å². The number of aliphatic carboxylic acids is 1. The Morgan fingerprint density at radius 3 is 2.82 bits per heavy atom. The lowest BCUT2D eigenvalue weighted by molar-refractivity contribution is -0.131. The highest BCUT2D eigenvalue weighted by Crippen LogP contribution is 2.44. The molecule has 0 spiro atoms. The third-order valence-corrected chi connectivity index (χ3v) is 6.49. The van der Waals surface area contributed by atoms with E-state index in [0.29, 0.717) is 42.8 Å². The van der Waals surface area contributed by atoms with Crippen molar-refractivity contribution < 1.29 is 14.6 Å². The normalized spacial score (nSPS) is 23.1. The fourth-order valence-corrected chi connectivity index (χ4v) is 5.00. The number of para-hydroxylation sites is 1. The van der Waals surface area contributed by atoms with E-state index in [2.05, 4.69) is 16.0 Å². The van der Waals surface area contributed by atoms with Crippen molar-refractivity contribution in [3.05, 3.63) is 51.4 Å². The van der Waals surface area contributed by atoms with Crippen molar-refractivity contribution in [2.24, 2.45) is 5.92 Å². The first-order chi connectivity index (χ1) is 13.6. The molecule has 2 aliphatic rings. The summed E-state index contributed by atoms with van der Waals surface area (Å²) in [5, 5.41) is 19.7. The molecule has 1 fully saturated rings. The van der Waals surface area contributed by atoms with Crippen molar-refractivity contribution in [1.29, 1.82) is 5.26 Å². The van der Waals surface area contributed by atoms with Gasteiger partial charge < -0.3 is 9.84 Å². The van der Waals surface area contributed by atoms with Crippen LogP contribution in [0.25, 0.3) is 10.9 Å². The van der Waals surface area contributed by atoms with Crippen molar-refractivity contribution >= 4 is 28.6 Å². The lowest BCUT2D eigenvalue weighted by Crippen LogP contribution is -2.44. The summed E-state index contributed by atoms with van der Waals surface area (Å²) in [6, 6.07) is 9.27. The van der Waals surface area contributed by atoms with Crippen molar-refractivity contribution in [2.45, 2.75) is 11.9 Å². The van der Waals surface area contributed by atoms with Crippen LogP contribution in [-0.4, -0.2) is 57.2 Å². The maximum atomic E-state index is 12.8. The number of benzene rings is 1. The Bertz CT molecular complexity index is 1050. The molecule has 0 amide bonds. The highest BCUT2D eigenvalue weighted by molar-refractivity contribution is 8.04. The number of fused-ring (bicyclic) bond motifs is 1. The Hall–Kier alpha value is -2.67. The SMILES string of the molecule is N#CC1C(Cn2cnc3ccccc3c2=O)=C(C(=O)O)SC1N1CCOCC1. The number of nitrogens with zero attached hydrogens (tertiary/aromatic N) is 4. The summed E-state index contributed by atoms with van der Waals surface area (Å²) in [7, 11) is 0. The number of rotatable bonds is 4. The van der Waals surface area contributed by atoms with Gasteiger partial charge in [0.25, 0.3) is 5.56 Å². The zero-order chi connectivity index (χ0) is 19.7. The molecule has 2 atom stereocenters. The van der Waals surface area contributed by atoms with Crippen LogP contribution in [0, 0.1) is 17.2 Å². The molecule has 4 rings (SSSR count). The van der Waals surface area contributed by atoms with Gasteiger partial charge in [0.1, 0.15) is 0 Å². The van der Waals surface area contributed by atoms with Gasteiger partial charge in [-0.25, -0.2) is 9.78 Å². The summed E-state index contributed by atoms with van der Waals surface area (Å²) in [4.78, 5) is 31.2. The van der Waals surface area contributed by atoms with Crippen LogP contribution in [0.3, 0.4) is 0 Å². The van der Waals surface area contributed by atoms with E-state index in [1.165, 1.54) is 22.7 Å². The van der Waals surface area contributed by atoms with E-state index >= 15 is 0 Å². The first kappa shape index (κ1) is 18.7. The monoisotopic (exact) mass is 398 g/mol. The van der Waals surface area contributed by atoms with Gasteiger partial charge in [0, 0.05) is 13.1 Å². The van der Waals surface area contributed by atoms with Crippen molar-refractivity contribution in [3.63, 3.8) is 0 Å². The van der Waals surface area contributed by atoms with Gasteiger partial charge in [-0.05, 0) is 17.7 Å². The summed E-state index contributed by atoms with van der Waals surface area (Å²) in [5.41, 5.74) is 0.787. The number of carboxylic acids is 1. The fourth-order valence-electron chi connectivity index (χ4n) is 3.60. The fraction of sp³-hybridized carbons (Fsp3) is 0.368. The second kappa shape index (κ2) is 7.75. The maximum Gasteiger partial charge on any atom is 0.342 e. The minimum atomic E-state index is -1.07. The van der Waals surface area contributed by atoms with E-state index in [1.54, 1.807) is 24.3 Å². The summed E-state index contributed by atoms with van der Waals surface area (Å²) >= 11 is 1.19. The van der Waals surface area contributed by atoms with Gasteiger partial charge in [0.15, 0.2) is 0 Å². The van der Waals surface area contributed by atoms with E-state index in [0.717, 1.165) is 0 Å². The van der Waals surface area contributed by atoms with Gasteiger partial charge >= 0.3 is 5.97 Å². The summed E-state index contributed by atoms with van der Waals surface area (Å²) in [6.07, 6.45) is 1.41. The second-order valence-corrected chi connectivity index (χ2v) is 7.74. The molecule has 2 unspecified atom stereocenters. The predicted octanol–water partition coefficient (Wildman–Crippen LogP) is 1.28. The lowest BCUT2D eigenvalue weighted by atomic mass is 9.98. The number of hydrogen-bond donors (Lipinski definition) is 1. The van der Waals surface area contributed by atoms with Gasteiger partial charge in [0.2, 0.25) is 0 Å². The predicted molar refractivity (Wildman–Crippen MR) is 104 cm³/mol. The molecular formula is C19H18N4O4S. The van der Waals surface area contributed by atoms with E-state index in [1.807, 2.05) is 0 Å². The van der Waals surface area contributed by atoms with Gasteiger partial charge in [-0.3, -0.25) is 14.3 Å². The number of hydrogen-bond acceptors (Lipinski definition) is 7. The van der Waals surface area contributed by atoms with Crippen LogP contribution in [0.5, 0.6) is 0 Å². The number of thioether (sulfide) groups is 1. The molecule has 1 aromatic carbocycles. The minimum Gasteiger partial charge on any atom is -0.477 e. The molecular weight excluding hydrogens is 380 g/mol. The van der Waals surface area contributed by atoms with E-state index < -0.39 is 11.9 Å². The molecule has 8 nitrogen and oxygen atoms in total. The third-order valence-electron chi connectivity index (χ3n) is 5.00. The molecule has 2 aliphatic heterocycles. The molecule has 144 valence electrons. The van der Waals surface area contributed by atoms with Gasteiger partial charge in [-0.15, -0.1) is 0 Å². The number of carbonyl (C=O) groups is 1. The zero-order valence-electron chi connectivity index (χ0n) is 14.9.